The summed E-state index contributed by atoms with van der Waals surface area (Å²) in [6.45, 7) is 4.58. The van der Waals surface area contributed by atoms with Crippen LogP contribution in [0.2, 0.25) is 0 Å². The largest absolute Gasteiger partial charge is 2.00 e. The van der Waals surface area contributed by atoms with Gasteiger partial charge >= 0.3 is 27.7 Å². The van der Waals surface area contributed by atoms with Crippen molar-refractivity contribution in [1.82, 2.24) is 10.6 Å². The van der Waals surface area contributed by atoms with Crippen LogP contribution in [0.4, 0.5) is 0 Å². The number of fused-ring (bicyclic) bond motifs is 4. The van der Waals surface area contributed by atoms with Crippen molar-refractivity contribution >= 4 is 47.0 Å². The van der Waals surface area contributed by atoms with E-state index in [2.05, 4.69) is 59.2 Å². The zero-order valence-corrected chi connectivity index (χ0v) is 32.7. The molecule has 0 atom stereocenters. The average molecular weight is 878 g/mol. The molecule has 4 rings (SSSR count). The summed E-state index contributed by atoms with van der Waals surface area (Å²) in [5, 5.41) is 6.94. The van der Waals surface area contributed by atoms with Crippen molar-refractivity contribution in [3.05, 3.63) is 70.8 Å². The van der Waals surface area contributed by atoms with Crippen LogP contribution in [-0.4, -0.2) is 49.2 Å². The Morgan fingerprint density at radius 3 is 0.902 bits per heavy atom. The molecule has 17 heteroatoms. The van der Waals surface area contributed by atoms with Crippen molar-refractivity contribution in [2.24, 2.45) is 0 Å². The molecule has 0 aliphatic carbocycles. The normalized spacial score (nSPS) is 16.8. The molecule has 0 saturated heterocycles. The Balaban J connectivity index is 0.000000581. The second-order valence-corrected chi connectivity index (χ2v) is 14.0. The van der Waals surface area contributed by atoms with Gasteiger partial charge in [0.1, 0.15) is 0 Å². The topological polar surface area (TPSA) is 209 Å². The van der Waals surface area contributed by atoms with Crippen molar-refractivity contribution in [3.8, 4) is 0 Å². The fourth-order valence-corrected chi connectivity index (χ4v) is 6.60. The van der Waals surface area contributed by atoms with E-state index in [0.29, 0.717) is 0 Å². The van der Waals surface area contributed by atoms with Crippen LogP contribution >= 0.6 is 47.0 Å². The van der Waals surface area contributed by atoms with E-state index in [1.54, 1.807) is 0 Å². The Labute approximate surface area is 283 Å². The number of rotatable bonds is 0. The van der Waals surface area contributed by atoms with Gasteiger partial charge in [0.15, 0.2) is 0 Å². The van der Waals surface area contributed by atoms with Crippen molar-refractivity contribution in [2.45, 2.75) is 23.0 Å². The first-order valence-corrected chi connectivity index (χ1v) is 19.1. The fraction of sp³-hybridized carbons (Fsp3) is 0.500. The summed E-state index contributed by atoms with van der Waals surface area (Å²) in [4.78, 5) is 0. The van der Waals surface area contributed by atoms with E-state index >= 15 is 0 Å². The summed E-state index contributed by atoms with van der Waals surface area (Å²) in [6, 6.07) is 18.0. The summed E-state index contributed by atoms with van der Waals surface area (Å²) >= 11 is 8.08. The van der Waals surface area contributed by atoms with Crippen molar-refractivity contribution in [2.75, 3.05) is 49.2 Å². The van der Waals surface area contributed by atoms with Gasteiger partial charge in [-0.2, -0.15) is 47.0 Å². The van der Waals surface area contributed by atoms with E-state index in [0.717, 1.165) is 49.2 Å². The van der Waals surface area contributed by atoms with Crippen LogP contribution in [0.1, 0.15) is 22.3 Å². The van der Waals surface area contributed by atoms with Crippen molar-refractivity contribution in [3.63, 3.8) is 0 Å². The van der Waals surface area contributed by atoms with Crippen LogP contribution in [-0.2, 0) is 50.7 Å². The van der Waals surface area contributed by atoms with Gasteiger partial charge in [0.25, 0.3) is 0 Å². The van der Waals surface area contributed by atoms with Crippen LogP contribution in [0.5, 0.6) is 0 Å². The minimum absolute atomic E-state index is 0. The SMILES string of the molecule is [Hg+2].[O-][Cl+3]([O-])([O-])[O-].[O-][Cl+3]([O-])([O-])[O-].c1cc2cc(c1)CSCCNCCSC2.c1cc2cc(c1)CSCCNCCSC2. The molecular weight excluding hydrogens is 844 g/mol. The molecule has 2 aliphatic heterocycles. The molecule has 0 amide bonds. The molecule has 2 aromatic rings. The van der Waals surface area contributed by atoms with Gasteiger partial charge in [-0.3, -0.25) is 0 Å². The van der Waals surface area contributed by atoms with Crippen molar-refractivity contribution in [1.29, 1.82) is 0 Å². The first-order chi connectivity index (χ1) is 18.9. The number of halogens is 2. The smallest absolute Gasteiger partial charge is 0.315 e. The van der Waals surface area contributed by atoms with E-state index < -0.39 is 20.5 Å². The zero-order valence-electron chi connectivity index (χ0n) is 22.5. The second-order valence-electron chi connectivity index (χ2n) is 8.11. The van der Waals surface area contributed by atoms with Gasteiger partial charge in [0.2, 0.25) is 0 Å². The van der Waals surface area contributed by atoms with Gasteiger partial charge in [0.05, 0.1) is 0 Å². The number of nitrogens with one attached hydrogen (secondary N) is 2. The van der Waals surface area contributed by atoms with E-state index in [-0.39, 0.29) is 27.7 Å². The maximum absolute atomic E-state index is 8.49. The maximum Gasteiger partial charge on any atom is 2.00 e. The Kier molecular flexibility index (Phi) is 25.8. The third-order valence-electron chi connectivity index (χ3n) is 4.75. The zero-order chi connectivity index (χ0) is 29.7. The van der Waals surface area contributed by atoms with Crippen LogP contribution < -0.4 is 47.9 Å². The molecule has 0 spiro atoms. The van der Waals surface area contributed by atoms with Crippen LogP contribution in [0.25, 0.3) is 0 Å². The summed E-state index contributed by atoms with van der Waals surface area (Å²) in [5.74, 6) is 9.48. The standard InChI is InChI=1S/2C12H17NS2.2ClHO4.Hg/c2*1-2-11-8-12(3-1)10-15-7-5-13-4-6-14-9-11;2*2-1(3,4)5;/h2*1-3,8,13H,4-7,9-10H2;2*(H,2,3,4,5);/q;;;;+2/p-2. The number of thioether (sulfide) groups is 4. The summed E-state index contributed by atoms with van der Waals surface area (Å²) in [5.41, 5.74) is 5.88. The monoisotopic (exact) mass is 878 g/mol. The molecule has 0 unspecified atom stereocenters. The molecule has 0 saturated carbocycles. The van der Waals surface area contributed by atoms with Gasteiger partial charge in [-0.25, -0.2) is 37.3 Å². The predicted octanol–water partition coefficient (Wildman–Crippen LogP) is -4.00. The first kappa shape index (κ1) is 42.0. The van der Waals surface area contributed by atoms with Gasteiger partial charge in [-0.05, 0) is 22.3 Å². The second kappa shape index (κ2) is 25.2. The number of benzene rings is 2. The molecule has 10 nitrogen and oxygen atoms in total. The Bertz CT molecular complexity index is 798. The summed E-state index contributed by atoms with van der Waals surface area (Å²) in [6.07, 6.45) is 0. The molecule has 2 N–H and O–H groups in total. The molecule has 2 aromatic carbocycles. The van der Waals surface area contributed by atoms with Crippen LogP contribution in [0.15, 0.2) is 48.5 Å². The minimum Gasteiger partial charge on any atom is -0.315 e. The Morgan fingerprint density at radius 1 is 0.463 bits per heavy atom. The maximum atomic E-state index is 8.49. The third-order valence-corrected chi connectivity index (χ3v) is 8.87. The Hall–Kier alpha value is 0.955. The number of hydrogen-bond donors (Lipinski definition) is 2. The van der Waals surface area contributed by atoms with E-state index in [1.807, 2.05) is 47.0 Å². The van der Waals surface area contributed by atoms with E-state index in [1.165, 1.54) is 45.3 Å². The van der Waals surface area contributed by atoms with E-state index in [9.17, 15) is 0 Å². The van der Waals surface area contributed by atoms with Gasteiger partial charge in [-0.1, -0.05) is 48.5 Å². The predicted molar refractivity (Wildman–Crippen MR) is 143 cm³/mol. The molecule has 0 fully saturated rings. The molecule has 0 aromatic heterocycles. The number of hydrogen-bond acceptors (Lipinski definition) is 14. The summed E-state index contributed by atoms with van der Waals surface area (Å²) < 4.78 is 67.9. The molecule has 4 bridgehead atoms. The average Bonchev–Trinajstić information content (AvgIpc) is 2.84. The quantitative estimate of drug-likeness (QED) is 0.242. The van der Waals surface area contributed by atoms with Crippen LogP contribution in [0.3, 0.4) is 0 Å². The molecular formula is C24H34Cl2HgN2O8S4. The van der Waals surface area contributed by atoms with Crippen molar-refractivity contribution < 1.29 is 85.4 Å². The van der Waals surface area contributed by atoms with Gasteiger partial charge in [0, 0.05) is 72.2 Å². The fourth-order valence-electron chi connectivity index (χ4n) is 3.21. The molecule has 2 heterocycles. The molecule has 228 valence electrons. The molecule has 2 aliphatic rings. The summed E-state index contributed by atoms with van der Waals surface area (Å²) in [7, 11) is -9.89. The minimum atomic E-state index is -4.94. The van der Waals surface area contributed by atoms with Crippen LogP contribution in [0, 0.1) is 20.5 Å². The van der Waals surface area contributed by atoms with Gasteiger partial charge in [-0.15, -0.1) is 20.5 Å². The van der Waals surface area contributed by atoms with E-state index in [4.69, 9.17) is 37.3 Å². The Morgan fingerprint density at radius 2 is 0.683 bits per heavy atom. The third kappa shape index (κ3) is 30.8. The van der Waals surface area contributed by atoms with Gasteiger partial charge < -0.3 is 10.6 Å². The molecule has 41 heavy (non-hydrogen) atoms. The molecule has 0 radical (unpaired) electrons. The first-order valence-electron chi connectivity index (χ1n) is 12.0.